The van der Waals surface area contributed by atoms with E-state index in [0.29, 0.717) is 30.5 Å². The highest BCUT2D eigenvalue weighted by atomic mass is 32.2. The van der Waals surface area contributed by atoms with Crippen LogP contribution in [0, 0.1) is 0 Å². The molecule has 0 aliphatic carbocycles. The molecule has 164 valence electrons. The van der Waals surface area contributed by atoms with Crippen molar-refractivity contribution < 1.29 is 8.42 Å². The van der Waals surface area contributed by atoms with Gasteiger partial charge in [0.15, 0.2) is 5.96 Å². The number of aryl methyl sites for hydroxylation is 1. The number of aromatic nitrogens is 1. The first-order chi connectivity index (χ1) is 14.5. The summed E-state index contributed by atoms with van der Waals surface area (Å²) in [4.78, 5) is 10.3. The number of nitrogens with zero attached hydrogens (tertiary/aromatic N) is 3. The van der Waals surface area contributed by atoms with E-state index >= 15 is 0 Å². The van der Waals surface area contributed by atoms with Crippen molar-refractivity contribution in [3.8, 4) is 0 Å². The zero-order valence-electron chi connectivity index (χ0n) is 17.7. The monoisotopic (exact) mass is 449 g/mol. The molecule has 2 N–H and O–H groups in total. The molecule has 2 aromatic rings. The van der Waals surface area contributed by atoms with Gasteiger partial charge >= 0.3 is 0 Å². The van der Waals surface area contributed by atoms with Crippen molar-refractivity contribution in [2.45, 2.75) is 50.5 Å². The minimum atomic E-state index is -3.38. The molecule has 0 saturated carbocycles. The molecule has 1 aromatic heterocycles. The average Bonchev–Trinajstić information content (AvgIpc) is 3.25. The Balaban J connectivity index is 1.48. The Morgan fingerprint density at radius 3 is 2.53 bits per heavy atom. The first kappa shape index (κ1) is 22.7. The van der Waals surface area contributed by atoms with E-state index in [4.69, 9.17) is 0 Å². The highest BCUT2D eigenvalue weighted by molar-refractivity contribution is 7.89. The first-order valence-corrected chi connectivity index (χ1v) is 12.8. The summed E-state index contributed by atoms with van der Waals surface area (Å²) in [5, 5.41) is 7.69. The molecular weight excluding hydrogens is 418 g/mol. The van der Waals surface area contributed by atoms with Crippen LogP contribution in [0.25, 0.3) is 0 Å². The van der Waals surface area contributed by atoms with Gasteiger partial charge < -0.3 is 10.6 Å². The molecule has 7 nitrogen and oxygen atoms in total. The summed E-state index contributed by atoms with van der Waals surface area (Å²) in [5.74, 6) is 0.715. The number of nitrogens with one attached hydrogen (secondary N) is 2. The van der Waals surface area contributed by atoms with Crippen LogP contribution in [0.4, 0.5) is 0 Å². The average molecular weight is 450 g/mol. The molecule has 0 spiro atoms. The van der Waals surface area contributed by atoms with Crippen molar-refractivity contribution in [2.24, 2.45) is 4.99 Å². The molecule has 30 heavy (non-hydrogen) atoms. The van der Waals surface area contributed by atoms with E-state index in [0.717, 1.165) is 49.2 Å². The molecule has 1 fully saturated rings. The number of rotatable bonds is 8. The Morgan fingerprint density at radius 2 is 1.90 bits per heavy atom. The second-order valence-corrected chi connectivity index (χ2v) is 10.4. The summed E-state index contributed by atoms with van der Waals surface area (Å²) in [6.07, 6.45) is 6.81. The van der Waals surface area contributed by atoms with Crippen LogP contribution >= 0.6 is 11.3 Å². The maximum Gasteiger partial charge on any atom is 0.243 e. The maximum atomic E-state index is 12.7. The van der Waals surface area contributed by atoms with E-state index in [2.05, 4.69) is 27.5 Å². The third-order valence-corrected chi connectivity index (χ3v) is 8.26. The van der Waals surface area contributed by atoms with Crippen LogP contribution in [0.5, 0.6) is 0 Å². The highest BCUT2D eigenvalue weighted by Gasteiger charge is 2.25. The predicted octanol–water partition coefficient (Wildman–Crippen LogP) is 2.79. The van der Waals surface area contributed by atoms with Crippen molar-refractivity contribution in [1.82, 2.24) is 19.9 Å². The molecule has 1 aliphatic rings. The Labute approximate surface area is 183 Å². The van der Waals surface area contributed by atoms with E-state index in [-0.39, 0.29) is 0 Å². The molecule has 3 rings (SSSR count). The van der Waals surface area contributed by atoms with Crippen LogP contribution in [-0.2, 0) is 29.4 Å². The number of hydrogen-bond donors (Lipinski definition) is 2. The third kappa shape index (κ3) is 6.02. The summed E-state index contributed by atoms with van der Waals surface area (Å²) >= 11 is 1.75. The summed E-state index contributed by atoms with van der Waals surface area (Å²) in [7, 11) is -1.64. The second-order valence-electron chi connectivity index (χ2n) is 7.29. The van der Waals surface area contributed by atoms with Gasteiger partial charge in [-0.2, -0.15) is 4.31 Å². The van der Waals surface area contributed by atoms with Crippen molar-refractivity contribution in [1.29, 1.82) is 0 Å². The Bertz CT molecular complexity index is 933. The molecule has 1 saturated heterocycles. The van der Waals surface area contributed by atoms with Crippen LogP contribution in [0.15, 0.2) is 40.4 Å². The lowest BCUT2D eigenvalue weighted by Crippen LogP contribution is -2.37. The Kier molecular flexibility index (Phi) is 8.24. The summed E-state index contributed by atoms with van der Waals surface area (Å²) < 4.78 is 27.1. The zero-order chi connectivity index (χ0) is 21.4. The van der Waals surface area contributed by atoms with E-state index in [1.165, 1.54) is 4.88 Å². The van der Waals surface area contributed by atoms with Crippen molar-refractivity contribution in [3.63, 3.8) is 0 Å². The van der Waals surface area contributed by atoms with Gasteiger partial charge in [-0.15, -0.1) is 11.3 Å². The van der Waals surface area contributed by atoms with Gasteiger partial charge in [-0.3, -0.25) is 4.99 Å². The maximum absolute atomic E-state index is 12.7. The van der Waals surface area contributed by atoms with Gasteiger partial charge in [0.1, 0.15) is 0 Å². The van der Waals surface area contributed by atoms with Crippen LogP contribution in [0.2, 0.25) is 0 Å². The van der Waals surface area contributed by atoms with E-state index < -0.39 is 10.0 Å². The number of piperidine rings is 1. The SMILES string of the molecule is CCc1cnc(CCNC(=NC)NCc2ccc(S(=O)(=O)N3CCCCC3)cc2)s1. The largest absolute Gasteiger partial charge is 0.356 e. The quantitative estimate of drug-likeness (QED) is 0.478. The van der Waals surface area contributed by atoms with Crippen LogP contribution in [-0.4, -0.2) is 50.3 Å². The predicted molar refractivity (Wildman–Crippen MR) is 122 cm³/mol. The smallest absolute Gasteiger partial charge is 0.243 e. The normalized spacial score (nSPS) is 15.9. The zero-order valence-corrected chi connectivity index (χ0v) is 19.4. The minimum absolute atomic E-state index is 0.366. The molecule has 0 amide bonds. The molecule has 9 heteroatoms. The molecule has 0 bridgehead atoms. The molecular formula is C21H31N5O2S2. The summed E-state index contributed by atoms with van der Waals surface area (Å²) in [6, 6.07) is 7.12. The van der Waals surface area contributed by atoms with E-state index in [1.807, 2.05) is 18.3 Å². The molecule has 1 aromatic carbocycles. The second kappa shape index (κ2) is 10.9. The number of thiazole rings is 1. The van der Waals surface area contributed by atoms with E-state index in [9.17, 15) is 8.42 Å². The lowest BCUT2D eigenvalue weighted by atomic mass is 10.2. The number of benzene rings is 1. The van der Waals surface area contributed by atoms with Crippen LogP contribution in [0.1, 0.15) is 41.6 Å². The lowest BCUT2D eigenvalue weighted by Gasteiger charge is -2.25. The Morgan fingerprint density at radius 1 is 1.17 bits per heavy atom. The highest BCUT2D eigenvalue weighted by Crippen LogP contribution is 2.20. The summed E-state index contributed by atoms with van der Waals surface area (Å²) in [5.41, 5.74) is 1.00. The van der Waals surface area contributed by atoms with Gasteiger partial charge in [0.05, 0.1) is 9.90 Å². The summed E-state index contributed by atoms with van der Waals surface area (Å²) in [6.45, 7) is 4.70. The van der Waals surface area contributed by atoms with Gasteiger partial charge in [-0.25, -0.2) is 13.4 Å². The minimum Gasteiger partial charge on any atom is -0.356 e. The number of guanidine groups is 1. The number of sulfonamides is 1. The topological polar surface area (TPSA) is 86.7 Å². The van der Waals surface area contributed by atoms with E-state index in [1.54, 1.807) is 34.8 Å². The fraction of sp³-hybridized carbons (Fsp3) is 0.524. The van der Waals surface area contributed by atoms with Crippen LogP contribution < -0.4 is 10.6 Å². The molecule has 1 aliphatic heterocycles. The lowest BCUT2D eigenvalue weighted by molar-refractivity contribution is 0.346. The third-order valence-electron chi connectivity index (χ3n) is 5.14. The van der Waals surface area contributed by atoms with Crippen molar-refractivity contribution in [2.75, 3.05) is 26.7 Å². The molecule has 2 heterocycles. The van der Waals surface area contributed by atoms with Crippen molar-refractivity contribution in [3.05, 3.63) is 45.9 Å². The van der Waals surface area contributed by atoms with Gasteiger partial charge in [0, 0.05) is 50.7 Å². The van der Waals surface area contributed by atoms with Crippen molar-refractivity contribution >= 4 is 27.3 Å². The fourth-order valence-electron chi connectivity index (χ4n) is 3.35. The van der Waals surface area contributed by atoms with Gasteiger partial charge in [-0.05, 0) is 37.0 Å². The van der Waals surface area contributed by atoms with Gasteiger partial charge in [0.25, 0.3) is 0 Å². The number of hydrogen-bond acceptors (Lipinski definition) is 5. The van der Waals surface area contributed by atoms with Gasteiger partial charge in [-0.1, -0.05) is 25.5 Å². The fourth-order valence-corrected chi connectivity index (χ4v) is 5.73. The van der Waals surface area contributed by atoms with Gasteiger partial charge in [0.2, 0.25) is 10.0 Å². The molecule has 0 radical (unpaired) electrons. The first-order valence-electron chi connectivity index (χ1n) is 10.5. The molecule has 0 unspecified atom stereocenters. The number of aliphatic imine (C=N–C) groups is 1. The Hall–Kier alpha value is -1.97. The molecule has 0 atom stereocenters. The van der Waals surface area contributed by atoms with Crippen LogP contribution in [0.3, 0.4) is 0 Å². The standard InChI is InChI=1S/C21H31N5O2S2/c1-3-18-16-24-20(29-18)11-12-23-21(22-2)25-15-17-7-9-19(10-8-17)30(27,28)26-13-5-4-6-14-26/h7-10,16H,3-6,11-15H2,1-2H3,(H2,22,23,25).